The summed E-state index contributed by atoms with van der Waals surface area (Å²) >= 11 is 0. The molecule has 2 fully saturated rings. The van der Waals surface area contributed by atoms with E-state index in [-0.39, 0.29) is 11.8 Å². The van der Waals surface area contributed by atoms with Crippen LogP contribution in [0.1, 0.15) is 32.1 Å². The highest BCUT2D eigenvalue weighted by Crippen LogP contribution is 2.30. The number of amides is 1. The maximum atomic E-state index is 11.8. The summed E-state index contributed by atoms with van der Waals surface area (Å²) < 4.78 is 5.49. The van der Waals surface area contributed by atoms with E-state index in [0.717, 1.165) is 62.7 Å². The second-order valence-electron chi connectivity index (χ2n) is 7.52. The molecular formula is C21H33N5O2. The van der Waals surface area contributed by atoms with E-state index in [1.165, 1.54) is 6.42 Å². The van der Waals surface area contributed by atoms with E-state index in [0.29, 0.717) is 12.6 Å². The predicted molar refractivity (Wildman–Crippen MR) is 113 cm³/mol. The average Bonchev–Trinajstić information content (AvgIpc) is 3.13. The Bertz CT molecular complexity index is 675. The molecule has 3 N–H and O–H groups in total. The van der Waals surface area contributed by atoms with Gasteiger partial charge in [0.15, 0.2) is 5.96 Å². The van der Waals surface area contributed by atoms with Crippen LogP contribution in [0.5, 0.6) is 5.75 Å². The van der Waals surface area contributed by atoms with Gasteiger partial charge < -0.3 is 25.6 Å². The summed E-state index contributed by atoms with van der Waals surface area (Å²) in [6.07, 6.45) is 5.23. The van der Waals surface area contributed by atoms with Gasteiger partial charge in [-0.15, -0.1) is 0 Å². The van der Waals surface area contributed by atoms with Crippen LogP contribution in [0, 0.1) is 5.92 Å². The first-order chi connectivity index (χ1) is 13.7. The van der Waals surface area contributed by atoms with Gasteiger partial charge in [0.1, 0.15) is 5.75 Å². The van der Waals surface area contributed by atoms with Gasteiger partial charge in [0.25, 0.3) is 0 Å². The van der Waals surface area contributed by atoms with E-state index in [4.69, 9.17) is 4.74 Å². The van der Waals surface area contributed by atoms with Crippen molar-refractivity contribution in [2.45, 2.75) is 38.1 Å². The Morgan fingerprint density at radius 2 is 2.00 bits per heavy atom. The molecule has 0 radical (unpaired) electrons. The van der Waals surface area contributed by atoms with Crippen LogP contribution in [-0.4, -0.2) is 58.2 Å². The molecule has 1 aliphatic carbocycles. The fourth-order valence-corrected chi connectivity index (χ4v) is 3.70. The Balaban J connectivity index is 1.36. The van der Waals surface area contributed by atoms with Gasteiger partial charge in [-0.05, 0) is 37.8 Å². The largest absolute Gasteiger partial charge is 0.495 e. The van der Waals surface area contributed by atoms with Crippen molar-refractivity contribution in [2.24, 2.45) is 10.9 Å². The molecule has 2 aliphatic rings. The number of ether oxygens (including phenoxy) is 1. The van der Waals surface area contributed by atoms with E-state index in [1.54, 1.807) is 14.2 Å². The molecule has 1 atom stereocenters. The third-order valence-electron chi connectivity index (χ3n) is 5.60. The summed E-state index contributed by atoms with van der Waals surface area (Å²) in [4.78, 5) is 18.5. The number of rotatable bonds is 8. The zero-order valence-corrected chi connectivity index (χ0v) is 17.0. The van der Waals surface area contributed by atoms with Crippen LogP contribution in [0.25, 0.3) is 0 Å². The molecule has 1 heterocycles. The Labute approximate surface area is 167 Å². The van der Waals surface area contributed by atoms with Crippen molar-refractivity contribution in [2.75, 3.05) is 45.2 Å². The Kier molecular flexibility index (Phi) is 7.39. The number of anilines is 1. The fourth-order valence-electron chi connectivity index (χ4n) is 3.70. The maximum absolute atomic E-state index is 11.8. The molecule has 1 amide bonds. The lowest BCUT2D eigenvalue weighted by molar-refractivity contribution is -0.127. The molecule has 7 nitrogen and oxygen atoms in total. The van der Waals surface area contributed by atoms with E-state index in [1.807, 2.05) is 18.2 Å². The third-order valence-corrected chi connectivity index (χ3v) is 5.60. The monoisotopic (exact) mass is 387 g/mol. The van der Waals surface area contributed by atoms with Gasteiger partial charge in [-0.3, -0.25) is 9.79 Å². The summed E-state index contributed by atoms with van der Waals surface area (Å²) in [5.74, 6) is 2.21. The highest BCUT2D eigenvalue weighted by Gasteiger charge is 2.25. The number of para-hydroxylation sites is 2. The molecule has 28 heavy (non-hydrogen) atoms. The number of guanidine groups is 1. The topological polar surface area (TPSA) is 78.0 Å². The molecule has 0 bridgehead atoms. The maximum Gasteiger partial charge on any atom is 0.223 e. The van der Waals surface area contributed by atoms with Crippen LogP contribution in [0.3, 0.4) is 0 Å². The van der Waals surface area contributed by atoms with Gasteiger partial charge in [0, 0.05) is 45.2 Å². The molecule has 1 saturated heterocycles. The van der Waals surface area contributed by atoms with Gasteiger partial charge >= 0.3 is 0 Å². The molecule has 3 rings (SSSR count). The second-order valence-corrected chi connectivity index (χ2v) is 7.52. The summed E-state index contributed by atoms with van der Waals surface area (Å²) in [6.45, 7) is 3.40. The summed E-state index contributed by atoms with van der Waals surface area (Å²) in [5, 5.41) is 9.88. The number of carbonyl (C=O) groups excluding carboxylic acids is 1. The van der Waals surface area contributed by atoms with Crippen LogP contribution in [0.2, 0.25) is 0 Å². The third kappa shape index (κ3) is 5.30. The van der Waals surface area contributed by atoms with Crippen molar-refractivity contribution in [3.05, 3.63) is 24.3 Å². The number of aliphatic imine (C=N–C) groups is 1. The standard InChI is InChI=1S/C21H33N5O2/c1-22-21(24-13-6-12-23-20(27)16-7-5-8-16)25-17-11-14-26(15-17)18-9-3-4-10-19(18)28-2/h3-4,9-10,16-17H,5-8,11-15H2,1-2H3,(H,23,27)(H2,22,24,25). The molecule has 1 aromatic rings. The van der Waals surface area contributed by atoms with Crippen molar-refractivity contribution >= 4 is 17.6 Å². The average molecular weight is 388 g/mol. The first-order valence-electron chi connectivity index (χ1n) is 10.3. The van der Waals surface area contributed by atoms with Crippen molar-refractivity contribution in [1.29, 1.82) is 0 Å². The molecule has 1 unspecified atom stereocenters. The van der Waals surface area contributed by atoms with E-state index in [9.17, 15) is 4.79 Å². The predicted octanol–water partition coefficient (Wildman–Crippen LogP) is 1.75. The fraction of sp³-hybridized carbons (Fsp3) is 0.619. The zero-order valence-electron chi connectivity index (χ0n) is 17.0. The smallest absolute Gasteiger partial charge is 0.223 e. The number of benzene rings is 1. The molecule has 0 spiro atoms. The first-order valence-corrected chi connectivity index (χ1v) is 10.3. The highest BCUT2D eigenvalue weighted by atomic mass is 16.5. The molecule has 7 heteroatoms. The van der Waals surface area contributed by atoms with Crippen molar-refractivity contribution in [3.63, 3.8) is 0 Å². The minimum absolute atomic E-state index is 0.219. The SMILES string of the molecule is CN=C(NCCCNC(=O)C1CCC1)NC1CCN(c2ccccc2OC)C1. The van der Waals surface area contributed by atoms with Gasteiger partial charge in [0.2, 0.25) is 5.91 Å². The summed E-state index contributed by atoms with van der Waals surface area (Å²) in [5.41, 5.74) is 1.14. The van der Waals surface area contributed by atoms with Gasteiger partial charge in [-0.25, -0.2) is 0 Å². The molecule has 1 saturated carbocycles. The Morgan fingerprint density at radius 1 is 1.21 bits per heavy atom. The molecule has 154 valence electrons. The number of hydrogen-bond donors (Lipinski definition) is 3. The number of nitrogens with one attached hydrogen (secondary N) is 3. The van der Waals surface area contributed by atoms with E-state index < -0.39 is 0 Å². The molecule has 1 aliphatic heterocycles. The van der Waals surface area contributed by atoms with Crippen LogP contribution in [-0.2, 0) is 4.79 Å². The number of nitrogens with zero attached hydrogens (tertiary/aromatic N) is 2. The van der Waals surface area contributed by atoms with Gasteiger partial charge in [-0.2, -0.15) is 0 Å². The minimum Gasteiger partial charge on any atom is -0.495 e. The lowest BCUT2D eigenvalue weighted by atomic mass is 9.85. The number of hydrogen-bond acceptors (Lipinski definition) is 4. The van der Waals surface area contributed by atoms with Crippen molar-refractivity contribution < 1.29 is 9.53 Å². The van der Waals surface area contributed by atoms with Crippen LogP contribution in [0.15, 0.2) is 29.3 Å². The number of carbonyl (C=O) groups is 1. The van der Waals surface area contributed by atoms with Gasteiger partial charge in [0.05, 0.1) is 12.8 Å². The molecule has 1 aromatic carbocycles. The molecule has 0 aromatic heterocycles. The second kappa shape index (κ2) is 10.2. The normalized spacial score (nSPS) is 19.9. The van der Waals surface area contributed by atoms with Crippen molar-refractivity contribution in [3.8, 4) is 5.75 Å². The highest BCUT2D eigenvalue weighted by molar-refractivity contribution is 5.80. The molecular weight excluding hydrogens is 354 g/mol. The van der Waals surface area contributed by atoms with Crippen LogP contribution in [0.4, 0.5) is 5.69 Å². The number of methoxy groups -OCH3 is 1. The Hall–Kier alpha value is -2.44. The quantitative estimate of drug-likeness (QED) is 0.360. The van der Waals surface area contributed by atoms with Crippen LogP contribution >= 0.6 is 0 Å². The minimum atomic E-state index is 0.219. The van der Waals surface area contributed by atoms with Crippen molar-refractivity contribution in [1.82, 2.24) is 16.0 Å². The van der Waals surface area contributed by atoms with E-state index in [2.05, 4.69) is 31.9 Å². The van der Waals surface area contributed by atoms with E-state index >= 15 is 0 Å². The zero-order chi connectivity index (χ0) is 19.8. The summed E-state index contributed by atoms with van der Waals surface area (Å²) in [6, 6.07) is 8.48. The lowest BCUT2D eigenvalue weighted by Crippen LogP contribution is -2.45. The lowest BCUT2D eigenvalue weighted by Gasteiger charge is -2.24. The Morgan fingerprint density at radius 3 is 2.71 bits per heavy atom. The first kappa shape index (κ1) is 20.3. The van der Waals surface area contributed by atoms with Gasteiger partial charge in [-0.1, -0.05) is 18.6 Å². The van der Waals surface area contributed by atoms with Crippen LogP contribution < -0.4 is 25.6 Å². The summed E-state index contributed by atoms with van der Waals surface area (Å²) in [7, 11) is 3.51.